The van der Waals surface area contributed by atoms with Gasteiger partial charge in [-0.2, -0.15) is 0 Å². The number of hydrogen-bond donors (Lipinski definition) is 0. The number of carbonyl (C=O) groups is 1. The van der Waals surface area contributed by atoms with Crippen LogP contribution in [0, 0.1) is 5.92 Å². The molecule has 1 saturated heterocycles. The minimum absolute atomic E-state index is 0.00523. The topological polar surface area (TPSA) is 58.6 Å². The number of amides is 1. The van der Waals surface area contributed by atoms with E-state index in [2.05, 4.69) is 9.88 Å². The molecule has 30 heavy (non-hydrogen) atoms. The number of hydrogen-bond acceptors (Lipinski definition) is 5. The first kappa shape index (κ1) is 20.6. The number of aromatic nitrogens is 2. The Kier molecular flexibility index (Phi) is 6.21. The lowest BCUT2D eigenvalue weighted by Gasteiger charge is -2.38. The molecule has 6 nitrogen and oxygen atoms in total. The maximum absolute atomic E-state index is 13.4. The highest BCUT2D eigenvalue weighted by atomic mass is 16.5. The molecule has 2 aliphatic rings. The molecule has 1 aromatic carbocycles. The summed E-state index contributed by atoms with van der Waals surface area (Å²) in [5, 5.41) is 0. The van der Waals surface area contributed by atoms with Gasteiger partial charge in [-0.05, 0) is 49.8 Å². The predicted molar refractivity (Wildman–Crippen MR) is 119 cm³/mol. The van der Waals surface area contributed by atoms with Gasteiger partial charge in [0.25, 0.3) is 0 Å². The van der Waals surface area contributed by atoms with E-state index in [1.54, 1.807) is 7.11 Å². The maximum atomic E-state index is 13.4. The zero-order valence-corrected chi connectivity index (χ0v) is 18.3. The molecule has 4 rings (SSSR count). The molecule has 6 heteroatoms. The molecule has 2 fully saturated rings. The third-order valence-electron chi connectivity index (χ3n) is 6.41. The number of rotatable bonds is 5. The fourth-order valence-electron chi connectivity index (χ4n) is 4.73. The van der Waals surface area contributed by atoms with Gasteiger partial charge in [-0.1, -0.05) is 25.0 Å². The second kappa shape index (κ2) is 9.02. The fourth-order valence-corrected chi connectivity index (χ4v) is 4.73. The molecule has 2 heterocycles. The number of anilines is 1. The van der Waals surface area contributed by atoms with Crippen molar-refractivity contribution >= 4 is 11.9 Å². The molecule has 1 atom stereocenters. The lowest BCUT2D eigenvalue weighted by Crippen LogP contribution is -2.42. The molecule has 0 radical (unpaired) electrons. The number of piperidine rings is 1. The molecule has 0 unspecified atom stereocenters. The minimum Gasteiger partial charge on any atom is -0.497 e. The second-order valence-electron chi connectivity index (χ2n) is 8.62. The SMILES string of the molecule is COc1ccc(-c2cnc(N(C)C)nc2[C@H]2CCCCN2C(=O)C2CCCC2)cc1. The minimum atomic E-state index is 0.00523. The molecule has 0 bridgehead atoms. The van der Waals surface area contributed by atoms with Crippen LogP contribution in [0.3, 0.4) is 0 Å². The Balaban J connectivity index is 1.75. The van der Waals surface area contributed by atoms with Gasteiger partial charge in [-0.3, -0.25) is 4.79 Å². The second-order valence-corrected chi connectivity index (χ2v) is 8.62. The van der Waals surface area contributed by atoms with Crippen molar-refractivity contribution in [1.82, 2.24) is 14.9 Å². The van der Waals surface area contributed by atoms with Gasteiger partial charge < -0.3 is 14.5 Å². The van der Waals surface area contributed by atoms with Crippen molar-refractivity contribution in [2.45, 2.75) is 51.0 Å². The van der Waals surface area contributed by atoms with Crippen LogP contribution < -0.4 is 9.64 Å². The molecule has 0 N–H and O–H groups in total. The highest BCUT2D eigenvalue weighted by Crippen LogP contribution is 2.39. The van der Waals surface area contributed by atoms with Crippen molar-refractivity contribution in [2.24, 2.45) is 5.92 Å². The Hall–Kier alpha value is -2.63. The Morgan fingerprint density at radius 2 is 1.77 bits per heavy atom. The molecule has 1 saturated carbocycles. The Morgan fingerprint density at radius 1 is 1.07 bits per heavy atom. The van der Waals surface area contributed by atoms with E-state index < -0.39 is 0 Å². The van der Waals surface area contributed by atoms with E-state index in [4.69, 9.17) is 9.72 Å². The number of methoxy groups -OCH3 is 1. The molecule has 1 aliphatic carbocycles. The van der Waals surface area contributed by atoms with Gasteiger partial charge in [-0.25, -0.2) is 9.97 Å². The van der Waals surface area contributed by atoms with Crippen LogP contribution in [0.2, 0.25) is 0 Å². The van der Waals surface area contributed by atoms with E-state index in [-0.39, 0.29) is 12.0 Å². The van der Waals surface area contributed by atoms with E-state index in [0.717, 1.165) is 61.2 Å². The molecule has 2 aromatic rings. The van der Waals surface area contributed by atoms with Gasteiger partial charge in [0.1, 0.15) is 5.75 Å². The largest absolute Gasteiger partial charge is 0.497 e. The maximum Gasteiger partial charge on any atom is 0.226 e. The number of ether oxygens (including phenoxy) is 1. The van der Waals surface area contributed by atoms with Crippen molar-refractivity contribution in [3.63, 3.8) is 0 Å². The third-order valence-corrected chi connectivity index (χ3v) is 6.41. The average Bonchev–Trinajstić information content (AvgIpc) is 3.33. The molecular weight excluding hydrogens is 376 g/mol. The zero-order chi connectivity index (χ0) is 21.1. The number of likely N-dealkylation sites (tertiary alicyclic amines) is 1. The van der Waals surface area contributed by atoms with E-state index in [1.807, 2.05) is 49.5 Å². The molecular formula is C24H32N4O2. The smallest absolute Gasteiger partial charge is 0.226 e. The van der Waals surface area contributed by atoms with E-state index in [1.165, 1.54) is 12.8 Å². The van der Waals surface area contributed by atoms with Gasteiger partial charge in [0, 0.05) is 38.3 Å². The molecule has 1 aromatic heterocycles. The summed E-state index contributed by atoms with van der Waals surface area (Å²) < 4.78 is 5.32. The standard InChI is InChI=1S/C24H32N4O2/c1-27(2)24-25-16-20(17-11-13-19(30-3)14-12-17)22(26-24)21-10-6-7-15-28(21)23(29)18-8-4-5-9-18/h11-14,16,18,21H,4-10,15H2,1-3H3/t21-/m1/s1. The van der Waals surface area contributed by atoms with E-state index in [0.29, 0.717) is 11.9 Å². The first-order chi connectivity index (χ1) is 14.6. The molecule has 1 amide bonds. The Labute approximate surface area is 179 Å². The molecule has 160 valence electrons. The molecule has 0 spiro atoms. The van der Waals surface area contributed by atoms with Gasteiger partial charge in [0.15, 0.2) is 0 Å². The first-order valence-electron chi connectivity index (χ1n) is 11.1. The van der Waals surface area contributed by atoms with Gasteiger partial charge in [0.2, 0.25) is 11.9 Å². The lowest BCUT2D eigenvalue weighted by molar-refractivity contribution is -0.139. The van der Waals surface area contributed by atoms with Crippen LogP contribution in [-0.2, 0) is 4.79 Å². The highest BCUT2D eigenvalue weighted by molar-refractivity contribution is 5.80. The van der Waals surface area contributed by atoms with Crippen LogP contribution in [0.4, 0.5) is 5.95 Å². The van der Waals surface area contributed by atoms with Crippen LogP contribution >= 0.6 is 0 Å². The van der Waals surface area contributed by atoms with Gasteiger partial charge in [0.05, 0.1) is 18.8 Å². The number of benzene rings is 1. The van der Waals surface area contributed by atoms with E-state index in [9.17, 15) is 4.79 Å². The zero-order valence-electron chi connectivity index (χ0n) is 18.3. The Bertz CT molecular complexity index is 875. The monoisotopic (exact) mass is 408 g/mol. The third kappa shape index (κ3) is 4.13. The van der Waals surface area contributed by atoms with Crippen molar-refractivity contribution in [3.05, 3.63) is 36.2 Å². The summed E-state index contributed by atoms with van der Waals surface area (Å²) in [5.74, 6) is 2.01. The van der Waals surface area contributed by atoms with Crippen LogP contribution in [-0.4, -0.2) is 48.5 Å². The number of nitrogens with zero attached hydrogens (tertiary/aromatic N) is 4. The van der Waals surface area contributed by atoms with Crippen LogP contribution in [0.25, 0.3) is 11.1 Å². The first-order valence-corrected chi connectivity index (χ1v) is 11.1. The van der Waals surface area contributed by atoms with Gasteiger partial charge in [-0.15, -0.1) is 0 Å². The van der Waals surface area contributed by atoms with Crippen LogP contribution in [0.1, 0.15) is 56.7 Å². The quantitative estimate of drug-likeness (QED) is 0.731. The summed E-state index contributed by atoms with van der Waals surface area (Å²) in [6, 6.07) is 8.01. The summed E-state index contributed by atoms with van der Waals surface area (Å²) in [7, 11) is 5.58. The van der Waals surface area contributed by atoms with Crippen molar-refractivity contribution in [2.75, 3.05) is 32.6 Å². The average molecular weight is 409 g/mol. The van der Waals surface area contributed by atoms with Crippen molar-refractivity contribution in [3.8, 4) is 16.9 Å². The summed E-state index contributed by atoms with van der Waals surface area (Å²) in [4.78, 5) is 27.0. The predicted octanol–water partition coefficient (Wildman–Crippen LogP) is 4.46. The fraction of sp³-hybridized carbons (Fsp3) is 0.542. The van der Waals surface area contributed by atoms with Crippen LogP contribution in [0.15, 0.2) is 30.5 Å². The number of carbonyl (C=O) groups excluding carboxylic acids is 1. The summed E-state index contributed by atoms with van der Waals surface area (Å²) in [6.07, 6.45) is 9.44. The van der Waals surface area contributed by atoms with Crippen molar-refractivity contribution < 1.29 is 9.53 Å². The van der Waals surface area contributed by atoms with Gasteiger partial charge >= 0.3 is 0 Å². The lowest BCUT2D eigenvalue weighted by atomic mass is 9.92. The Morgan fingerprint density at radius 3 is 2.43 bits per heavy atom. The highest BCUT2D eigenvalue weighted by Gasteiger charge is 2.35. The summed E-state index contributed by atoms with van der Waals surface area (Å²) >= 11 is 0. The van der Waals surface area contributed by atoms with E-state index >= 15 is 0 Å². The normalized spacial score (nSPS) is 19.7. The molecule has 1 aliphatic heterocycles. The summed E-state index contributed by atoms with van der Waals surface area (Å²) in [5.41, 5.74) is 3.01. The summed E-state index contributed by atoms with van der Waals surface area (Å²) in [6.45, 7) is 0.823. The van der Waals surface area contributed by atoms with Crippen LogP contribution in [0.5, 0.6) is 5.75 Å². The van der Waals surface area contributed by atoms with Crippen molar-refractivity contribution in [1.29, 1.82) is 0 Å².